The Morgan fingerprint density at radius 2 is 2.23 bits per heavy atom. The number of nitrogens with one attached hydrogen (secondary N) is 2. The molecule has 8 heteroatoms. The molecule has 0 spiro atoms. The second-order valence-electron chi connectivity index (χ2n) is 8.44. The van der Waals surface area contributed by atoms with Gasteiger partial charge >= 0.3 is 0 Å². The van der Waals surface area contributed by atoms with Crippen LogP contribution in [0, 0.1) is 5.92 Å². The summed E-state index contributed by atoms with van der Waals surface area (Å²) in [6.45, 7) is 2.36. The van der Waals surface area contributed by atoms with Crippen LogP contribution < -0.4 is 16.4 Å². The molecule has 0 radical (unpaired) electrons. The predicted octanol–water partition coefficient (Wildman–Crippen LogP) is 3.48. The second kappa shape index (κ2) is 9.04. The van der Waals surface area contributed by atoms with Gasteiger partial charge in [-0.2, -0.15) is 0 Å². The van der Waals surface area contributed by atoms with E-state index in [1.54, 1.807) is 24.4 Å². The topological polar surface area (TPSA) is 89.3 Å². The van der Waals surface area contributed by atoms with Crippen LogP contribution in [-0.2, 0) is 4.74 Å². The number of anilines is 1. The van der Waals surface area contributed by atoms with Crippen LogP contribution in [0.5, 0.6) is 0 Å². The third kappa shape index (κ3) is 4.68. The van der Waals surface area contributed by atoms with Gasteiger partial charge in [0.2, 0.25) is 0 Å². The molecule has 0 bridgehead atoms. The number of piperidine rings is 1. The molecule has 30 heavy (non-hydrogen) atoms. The Morgan fingerprint density at radius 3 is 3.03 bits per heavy atom. The third-order valence-electron chi connectivity index (χ3n) is 6.28. The number of pyridine rings is 1. The number of carbonyl (C=O) groups is 1. The fourth-order valence-electron chi connectivity index (χ4n) is 4.56. The van der Waals surface area contributed by atoms with Crippen molar-refractivity contribution in [2.45, 2.75) is 43.8 Å². The number of nitrogens with zero attached hydrogens (tertiary/aromatic N) is 1. The van der Waals surface area contributed by atoms with Crippen LogP contribution in [0.2, 0.25) is 5.02 Å². The van der Waals surface area contributed by atoms with Crippen molar-refractivity contribution < 1.29 is 13.9 Å². The third-order valence-corrected chi connectivity index (χ3v) is 6.59. The lowest BCUT2D eigenvalue weighted by atomic mass is 9.83. The molecule has 2 fully saturated rings. The minimum atomic E-state index is -1.15. The fourth-order valence-corrected chi connectivity index (χ4v) is 4.77. The number of carbonyl (C=O) groups excluding carboxylic acids is 1. The average Bonchev–Trinajstić information content (AvgIpc) is 2.75. The number of halogens is 2. The number of benzene rings is 1. The van der Waals surface area contributed by atoms with E-state index in [0.717, 1.165) is 19.4 Å². The van der Waals surface area contributed by atoms with Crippen LogP contribution in [0.15, 0.2) is 24.4 Å². The zero-order chi connectivity index (χ0) is 21.1. The van der Waals surface area contributed by atoms with Gasteiger partial charge in [0, 0.05) is 50.2 Å². The van der Waals surface area contributed by atoms with Crippen LogP contribution in [0.4, 0.5) is 10.1 Å². The molecule has 2 aliphatic heterocycles. The van der Waals surface area contributed by atoms with E-state index in [4.69, 9.17) is 22.1 Å². The highest BCUT2D eigenvalue weighted by Crippen LogP contribution is 2.33. The number of alkyl halides is 1. The summed E-state index contributed by atoms with van der Waals surface area (Å²) in [5.74, 6) is 0.0780. The van der Waals surface area contributed by atoms with Crippen molar-refractivity contribution in [3.8, 4) is 0 Å². The summed E-state index contributed by atoms with van der Waals surface area (Å²) in [5.41, 5.74) is 6.26. The van der Waals surface area contributed by atoms with Gasteiger partial charge < -0.3 is 21.1 Å². The molecule has 6 nitrogen and oxygen atoms in total. The maximum absolute atomic E-state index is 15.0. The fraction of sp³-hybridized carbons (Fsp3) is 0.545. The minimum Gasteiger partial charge on any atom is -0.397 e. The molecule has 2 unspecified atom stereocenters. The molecule has 0 saturated carbocycles. The van der Waals surface area contributed by atoms with Gasteiger partial charge in [0.05, 0.1) is 21.8 Å². The van der Waals surface area contributed by atoms with Gasteiger partial charge in [-0.1, -0.05) is 11.6 Å². The van der Waals surface area contributed by atoms with Crippen molar-refractivity contribution in [2.75, 3.05) is 32.0 Å². The standard InChI is InChI=1S/C22H28ClFN4O2/c23-18-11-17(20-16(19(18)25)2-1-6-27-20)21(29)28-13-14-3-7-26-15(10-14)12-22(24)4-8-30-9-5-22/h1-2,6,11,14-15,26H,3-5,7-10,12-13,25H2,(H,28,29). The Labute approximate surface area is 180 Å². The van der Waals surface area contributed by atoms with E-state index in [-0.39, 0.29) is 11.9 Å². The highest BCUT2D eigenvalue weighted by molar-refractivity contribution is 6.35. The zero-order valence-corrected chi connectivity index (χ0v) is 17.7. The van der Waals surface area contributed by atoms with E-state index < -0.39 is 5.67 Å². The highest BCUT2D eigenvalue weighted by atomic mass is 35.5. The van der Waals surface area contributed by atoms with E-state index in [2.05, 4.69) is 15.6 Å². The SMILES string of the molecule is Nc1c(Cl)cc(C(=O)NCC2CCNC(CC3(F)CCOCC3)C2)c2ncccc12. The molecule has 4 N–H and O–H groups in total. The minimum absolute atomic E-state index is 0.122. The van der Waals surface area contributed by atoms with Gasteiger partial charge in [-0.05, 0) is 49.9 Å². The van der Waals surface area contributed by atoms with Crippen LogP contribution in [0.25, 0.3) is 10.9 Å². The molecule has 2 aliphatic rings. The number of hydrogen-bond acceptors (Lipinski definition) is 5. The summed E-state index contributed by atoms with van der Waals surface area (Å²) < 4.78 is 20.3. The van der Waals surface area contributed by atoms with Crippen molar-refractivity contribution in [2.24, 2.45) is 5.92 Å². The van der Waals surface area contributed by atoms with Crippen molar-refractivity contribution >= 4 is 34.1 Å². The van der Waals surface area contributed by atoms with Gasteiger partial charge in [0.25, 0.3) is 5.91 Å². The lowest BCUT2D eigenvalue weighted by molar-refractivity contribution is -0.0207. The molecule has 3 heterocycles. The molecule has 1 amide bonds. The first-order valence-electron chi connectivity index (χ1n) is 10.6. The van der Waals surface area contributed by atoms with E-state index in [9.17, 15) is 4.79 Å². The molecule has 0 aliphatic carbocycles. The first-order valence-corrected chi connectivity index (χ1v) is 10.9. The highest BCUT2D eigenvalue weighted by Gasteiger charge is 2.36. The van der Waals surface area contributed by atoms with Crippen LogP contribution in [-0.4, -0.2) is 48.9 Å². The maximum Gasteiger partial charge on any atom is 0.253 e. The second-order valence-corrected chi connectivity index (χ2v) is 8.85. The number of nitrogen functional groups attached to an aromatic ring is 1. The van der Waals surface area contributed by atoms with Gasteiger partial charge in [-0.3, -0.25) is 9.78 Å². The quantitative estimate of drug-likeness (QED) is 0.627. The first kappa shape index (κ1) is 21.3. The lowest BCUT2D eigenvalue weighted by Crippen LogP contribution is -2.46. The monoisotopic (exact) mass is 434 g/mol. The molecule has 1 aromatic heterocycles. The van der Waals surface area contributed by atoms with Gasteiger partial charge in [-0.25, -0.2) is 4.39 Å². The summed E-state index contributed by atoms with van der Waals surface area (Å²) in [6.07, 6.45) is 4.85. The average molecular weight is 435 g/mol. The Morgan fingerprint density at radius 1 is 1.43 bits per heavy atom. The summed E-state index contributed by atoms with van der Waals surface area (Å²) >= 11 is 6.23. The van der Waals surface area contributed by atoms with E-state index >= 15 is 4.39 Å². The van der Waals surface area contributed by atoms with Gasteiger partial charge in [0.1, 0.15) is 5.67 Å². The Bertz CT molecular complexity index is 919. The Balaban J connectivity index is 1.38. The molecule has 162 valence electrons. The van der Waals surface area contributed by atoms with Gasteiger partial charge in [-0.15, -0.1) is 0 Å². The predicted molar refractivity (Wildman–Crippen MR) is 117 cm³/mol. The molecular weight excluding hydrogens is 407 g/mol. The van der Waals surface area contributed by atoms with Crippen LogP contribution in [0.1, 0.15) is 42.5 Å². The van der Waals surface area contributed by atoms with Crippen molar-refractivity contribution in [1.29, 1.82) is 0 Å². The Kier molecular flexibility index (Phi) is 6.41. The van der Waals surface area contributed by atoms with Crippen molar-refractivity contribution in [3.05, 3.63) is 35.0 Å². The number of fused-ring (bicyclic) bond motifs is 1. The normalized spacial score (nSPS) is 23.9. The number of nitrogens with two attached hydrogens (primary N) is 1. The Hall–Kier alpha value is -1.96. The molecule has 1 aromatic carbocycles. The molecule has 2 aromatic rings. The summed E-state index contributed by atoms with van der Waals surface area (Å²) in [7, 11) is 0. The lowest BCUT2D eigenvalue weighted by Gasteiger charge is -2.37. The number of rotatable bonds is 5. The van der Waals surface area contributed by atoms with Gasteiger partial charge in [0.15, 0.2) is 0 Å². The van der Waals surface area contributed by atoms with E-state index in [1.165, 1.54) is 0 Å². The van der Waals surface area contributed by atoms with Crippen LogP contribution >= 0.6 is 11.6 Å². The van der Waals surface area contributed by atoms with Crippen LogP contribution in [0.3, 0.4) is 0 Å². The first-order chi connectivity index (χ1) is 14.5. The number of aromatic nitrogens is 1. The van der Waals surface area contributed by atoms with Crippen molar-refractivity contribution in [3.63, 3.8) is 0 Å². The van der Waals surface area contributed by atoms with E-state index in [1.807, 2.05) is 0 Å². The smallest absolute Gasteiger partial charge is 0.253 e. The number of ether oxygens (including phenoxy) is 1. The summed E-state index contributed by atoms with van der Waals surface area (Å²) in [4.78, 5) is 17.2. The maximum atomic E-state index is 15.0. The van der Waals surface area contributed by atoms with Crippen molar-refractivity contribution in [1.82, 2.24) is 15.6 Å². The molecule has 2 saturated heterocycles. The molecular formula is C22H28ClFN4O2. The number of amides is 1. The molecule has 2 atom stereocenters. The zero-order valence-electron chi connectivity index (χ0n) is 16.9. The molecule has 4 rings (SSSR count). The number of hydrogen-bond donors (Lipinski definition) is 3. The van der Waals surface area contributed by atoms with E-state index in [0.29, 0.717) is 72.1 Å². The summed E-state index contributed by atoms with van der Waals surface area (Å²) in [5, 5.41) is 7.47. The largest absolute Gasteiger partial charge is 0.397 e. The summed E-state index contributed by atoms with van der Waals surface area (Å²) in [6, 6.07) is 5.27.